The van der Waals surface area contributed by atoms with Crippen molar-refractivity contribution in [2.24, 2.45) is 13.0 Å². The SMILES string of the molecule is CC(C)CNCc1nnnn1-c1ccn(C)n1. The summed E-state index contributed by atoms with van der Waals surface area (Å²) in [5.74, 6) is 2.11. The molecule has 0 radical (unpaired) electrons. The van der Waals surface area contributed by atoms with E-state index < -0.39 is 0 Å². The summed E-state index contributed by atoms with van der Waals surface area (Å²) in [7, 11) is 1.87. The summed E-state index contributed by atoms with van der Waals surface area (Å²) in [5.41, 5.74) is 0. The second-order valence-electron chi connectivity index (χ2n) is 4.38. The number of nitrogens with zero attached hydrogens (tertiary/aromatic N) is 6. The van der Waals surface area contributed by atoms with Crippen molar-refractivity contribution in [1.29, 1.82) is 0 Å². The lowest BCUT2D eigenvalue weighted by Gasteiger charge is -2.06. The van der Waals surface area contributed by atoms with Crippen LogP contribution < -0.4 is 5.32 Å². The first kappa shape index (κ1) is 11.7. The van der Waals surface area contributed by atoms with E-state index in [0.29, 0.717) is 12.5 Å². The predicted molar refractivity (Wildman–Crippen MR) is 62.5 cm³/mol. The first-order chi connectivity index (χ1) is 8.16. The number of nitrogens with one attached hydrogen (secondary N) is 1. The predicted octanol–water partition coefficient (Wildman–Crippen LogP) is 0.141. The van der Waals surface area contributed by atoms with Crippen molar-refractivity contribution < 1.29 is 0 Å². The molecule has 0 aliphatic heterocycles. The van der Waals surface area contributed by atoms with Crippen LogP contribution in [0.1, 0.15) is 19.7 Å². The van der Waals surface area contributed by atoms with E-state index in [1.165, 1.54) is 0 Å². The molecule has 2 rings (SSSR count). The summed E-state index contributed by atoms with van der Waals surface area (Å²) in [6, 6.07) is 1.88. The van der Waals surface area contributed by atoms with Crippen LogP contribution in [-0.2, 0) is 13.6 Å². The topological polar surface area (TPSA) is 73.5 Å². The lowest BCUT2D eigenvalue weighted by molar-refractivity contribution is 0.536. The zero-order chi connectivity index (χ0) is 12.3. The Kier molecular flexibility index (Phi) is 3.48. The van der Waals surface area contributed by atoms with Crippen LogP contribution in [0.5, 0.6) is 0 Å². The lowest BCUT2D eigenvalue weighted by Crippen LogP contribution is -2.21. The van der Waals surface area contributed by atoms with Crippen molar-refractivity contribution >= 4 is 0 Å². The molecule has 0 aromatic carbocycles. The van der Waals surface area contributed by atoms with E-state index in [1.54, 1.807) is 9.36 Å². The fourth-order valence-corrected chi connectivity index (χ4v) is 1.48. The normalized spacial score (nSPS) is 11.3. The van der Waals surface area contributed by atoms with Gasteiger partial charge in [0.1, 0.15) is 0 Å². The third-order valence-corrected chi connectivity index (χ3v) is 2.29. The molecular formula is C10H17N7. The van der Waals surface area contributed by atoms with E-state index in [0.717, 1.165) is 18.2 Å². The van der Waals surface area contributed by atoms with Crippen LogP contribution in [0.3, 0.4) is 0 Å². The Hall–Kier alpha value is -1.76. The molecule has 0 bridgehead atoms. The number of aryl methyl sites for hydroxylation is 1. The Morgan fingerprint density at radius 2 is 2.24 bits per heavy atom. The first-order valence-corrected chi connectivity index (χ1v) is 5.65. The average Bonchev–Trinajstić information content (AvgIpc) is 2.86. The maximum absolute atomic E-state index is 4.27. The van der Waals surface area contributed by atoms with Gasteiger partial charge in [-0.25, -0.2) is 0 Å². The van der Waals surface area contributed by atoms with Gasteiger partial charge in [0.25, 0.3) is 0 Å². The maximum Gasteiger partial charge on any atom is 0.179 e. The molecule has 7 heteroatoms. The molecule has 0 aliphatic carbocycles. The monoisotopic (exact) mass is 235 g/mol. The summed E-state index contributed by atoms with van der Waals surface area (Å²) < 4.78 is 3.37. The van der Waals surface area contributed by atoms with Gasteiger partial charge in [0.15, 0.2) is 11.6 Å². The highest BCUT2D eigenvalue weighted by molar-refractivity contribution is 5.18. The summed E-state index contributed by atoms with van der Waals surface area (Å²) in [6.07, 6.45) is 1.86. The molecular weight excluding hydrogens is 218 g/mol. The minimum Gasteiger partial charge on any atom is -0.310 e. The van der Waals surface area contributed by atoms with Gasteiger partial charge in [0, 0.05) is 19.3 Å². The molecule has 17 heavy (non-hydrogen) atoms. The van der Waals surface area contributed by atoms with Crippen LogP contribution in [0, 0.1) is 5.92 Å². The number of rotatable bonds is 5. The highest BCUT2D eigenvalue weighted by Gasteiger charge is 2.09. The molecule has 0 aliphatic rings. The summed E-state index contributed by atoms with van der Waals surface area (Å²) in [5, 5.41) is 19.2. The molecule has 0 saturated carbocycles. The van der Waals surface area contributed by atoms with Crippen molar-refractivity contribution in [3.05, 3.63) is 18.1 Å². The van der Waals surface area contributed by atoms with Gasteiger partial charge >= 0.3 is 0 Å². The molecule has 0 atom stereocenters. The Balaban J connectivity index is 2.07. The van der Waals surface area contributed by atoms with Gasteiger partial charge in [-0.1, -0.05) is 13.8 Å². The number of tetrazole rings is 1. The Labute approximate surface area is 99.8 Å². The minimum absolute atomic E-state index is 0.606. The van der Waals surface area contributed by atoms with E-state index >= 15 is 0 Å². The molecule has 1 N–H and O–H groups in total. The summed E-state index contributed by atoms with van der Waals surface area (Å²) >= 11 is 0. The van der Waals surface area contributed by atoms with Crippen LogP contribution in [0.15, 0.2) is 12.3 Å². The van der Waals surface area contributed by atoms with Crippen LogP contribution in [0.25, 0.3) is 5.82 Å². The van der Waals surface area contributed by atoms with Crippen molar-refractivity contribution in [3.63, 3.8) is 0 Å². The van der Waals surface area contributed by atoms with Crippen LogP contribution in [0.4, 0.5) is 0 Å². The number of hydrogen-bond acceptors (Lipinski definition) is 5. The van der Waals surface area contributed by atoms with E-state index in [-0.39, 0.29) is 0 Å². The van der Waals surface area contributed by atoms with Gasteiger partial charge in [0.2, 0.25) is 0 Å². The Morgan fingerprint density at radius 1 is 1.41 bits per heavy atom. The molecule has 0 amide bonds. The quantitative estimate of drug-likeness (QED) is 0.798. The number of hydrogen-bond donors (Lipinski definition) is 1. The van der Waals surface area contributed by atoms with Crippen LogP contribution in [0.2, 0.25) is 0 Å². The van der Waals surface area contributed by atoms with Gasteiger partial charge in [-0.2, -0.15) is 9.78 Å². The van der Waals surface area contributed by atoms with Crippen LogP contribution in [-0.4, -0.2) is 36.5 Å². The fourth-order valence-electron chi connectivity index (χ4n) is 1.48. The van der Waals surface area contributed by atoms with Crippen molar-refractivity contribution in [2.45, 2.75) is 20.4 Å². The van der Waals surface area contributed by atoms with Gasteiger partial charge < -0.3 is 5.32 Å². The van der Waals surface area contributed by atoms with E-state index in [9.17, 15) is 0 Å². The summed E-state index contributed by atoms with van der Waals surface area (Å²) in [4.78, 5) is 0. The van der Waals surface area contributed by atoms with Crippen LogP contribution >= 0.6 is 0 Å². The highest BCUT2D eigenvalue weighted by atomic mass is 15.6. The minimum atomic E-state index is 0.606. The third-order valence-electron chi connectivity index (χ3n) is 2.29. The van der Waals surface area contributed by atoms with E-state index in [2.05, 4.69) is 39.8 Å². The van der Waals surface area contributed by atoms with Crippen molar-refractivity contribution in [1.82, 2.24) is 35.3 Å². The van der Waals surface area contributed by atoms with Gasteiger partial charge in [-0.3, -0.25) is 4.68 Å². The van der Waals surface area contributed by atoms with Crippen molar-refractivity contribution in [2.75, 3.05) is 6.54 Å². The maximum atomic E-state index is 4.27. The second-order valence-corrected chi connectivity index (χ2v) is 4.38. The Morgan fingerprint density at radius 3 is 2.88 bits per heavy atom. The molecule has 2 aromatic heterocycles. The zero-order valence-electron chi connectivity index (χ0n) is 10.3. The van der Waals surface area contributed by atoms with Gasteiger partial charge in [-0.15, -0.1) is 5.10 Å². The summed E-state index contributed by atoms with van der Waals surface area (Å²) in [6.45, 7) is 5.90. The van der Waals surface area contributed by atoms with E-state index in [4.69, 9.17) is 0 Å². The molecule has 0 fully saturated rings. The second kappa shape index (κ2) is 5.05. The lowest BCUT2D eigenvalue weighted by atomic mass is 10.2. The van der Waals surface area contributed by atoms with Gasteiger partial charge in [-0.05, 0) is 22.9 Å². The number of aromatic nitrogens is 6. The molecule has 2 aromatic rings. The third kappa shape index (κ3) is 2.88. The highest BCUT2D eigenvalue weighted by Crippen LogP contribution is 2.03. The standard InChI is InChI=1S/C10H17N7/c1-8(2)6-11-7-10-12-14-15-17(10)9-4-5-16(3)13-9/h4-5,8,11H,6-7H2,1-3H3. The molecule has 92 valence electrons. The van der Waals surface area contributed by atoms with Crippen molar-refractivity contribution in [3.8, 4) is 5.82 Å². The Bertz CT molecular complexity index is 470. The smallest absolute Gasteiger partial charge is 0.179 e. The average molecular weight is 235 g/mol. The first-order valence-electron chi connectivity index (χ1n) is 5.65. The molecule has 0 spiro atoms. The molecule has 0 saturated heterocycles. The van der Waals surface area contributed by atoms with Gasteiger partial charge in [0.05, 0.1) is 6.54 Å². The molecule has 0 unspecified atom stereocenters. The fraction of sp³-hybridized carbons (Fsp3) is 0.600. The zero-order valence-corrected chi connectivity index (χ0v) is 10.3. The molecule has 2 heterocycles. The largest absolute Gasteiger partial charge is 0.310 e. The van der Waals surface area contributed by atoms with E-state index in [1.807, 2.05) is 19.3 Å². The molecule has 7 nitrogen and oxygen atoms in total.